The van der Waals surface area contributed by atoms with E-state index in [1.165, 1.54) is 0 Å². The summed E-state index contributed by atoms with van der Waals surface area (Å²) in [5, 5.41) is 4.99. The summed E-state index contributed by atoms with van der Waals surface area (Å²) in [6.45, 7) is 6.55. The van der Waals surface area contributed by atoms with Crippen molar-refractivity contribution in [2.45, 2.75) is 39.2 Å². The number of pyridine rings is 1. The van der Waals surface area contributed by atoms with Gasteiger partial charge in [-0.25, -0.2) is 14.6 Å². The second-order valence-electron chi connectivity index (χ2n) is 8.26. The van der Waals surface area contributed by atoms with Gasteiger partial charge in [-0.3, -0.25) is 4.79 Å². The van der Waals surface area contributed by atoms with Crippen molar-refractivity contribution in [3.05, 3.63) is 70.5 Å². The summed E-state index contributed by atoms with van der Waals surface area (Å²) in [6.07, 6.45) is 5.21. The molecule has 3 aromatic heterocycles. The molecule has 0 unspecified atom stereocenters. The molecule has 1 amide bonds. The van der Waals surface area contributed by atoms with Crippen molar-refractivity contribution in [2.24, 2.45) is 0 Å². The van der Waals surface area contributed by atoms with Crippen molar-refractivity contribution >= 4 is 28.5 Å². The first-order chi connectivity index (χ1) is 14.9. The van der Waals surface area contributed by atoms with Crippen LogP contribution in [0.3, 0.4) is 0 Å². The molecule has 1 aliphatic heterocycles. The van der Waals surface area contributed by atoms with Gasteiger partial charge < -0.3 is 9.88 Å². The Bertz CT molecular complexity index is 1300. The van der Waals surface area contributed by atoms with Gasteiger partial charge in [-0.15, -0.1) is 0 Å². The third-order valence-corrected chi connectivity index (χ3v) is 6.61. The van der Waals surface area contributed by atoms with E-state index in [0.29, 0.717) is 22.9 Å². The van der Waals surface area contributed by atoms with Gasteiger partial charge in [-0.05, 0) is 69.5 Å². The van der Waals surface area contributed by atoms with Gasteiger partial charge >= 0.3 is 0 Å². The van der Waals surface area contributed by atoms with E-state index in [1.54, 1.807) is 10.9 Å². The van der Waals surface area contributed by atoms with E-state index in [-0.39, 0.29) is 5.91 Å². The van der Waals surface area contributed by atoms with Crippen LogP contribution < -0.4 is 0 Å². The van der Waals surface area contributed by atoms with Crippen molar-refractivity contribution < 1.29 is 4.79 Å². The van der Waals surface area contributed by atoms with E-state index in [1.807, 2.05) is 55.3 Å². The van der Waals surface area contributed by atoms with Gasteiger partial charge in [0, 0.05) is 29.7 Å². The molecule has 4 aromatic rings. The molecule has 158 valence electrons. The minimum Gasteiger partial charge on any atom is -0.340 e. The number of halogens is 1. The van der Waals surface area contributed by atoms with Crippen molar-refractivity contribution in [3.8, 4) is 5.69 Å². The summed E-state index contributed by atoms with van der Waals surface area (Å²) in [6, 6.07) is 9.42. The Kier molecular flexibility index (Phi) is 4.59. The highest BCUT2D eigenvalue weighted by molar-refractivity contribution is 6.32. The van der Waals surface area contributed by atoms with Crippen LogP contribution in [0.5, 0.6) is 0 Å². The Morgan fingerprint density at radius 3 is 2.81 bits per heavy atom. The minimum atomic E-state index is -0.568. The van der Waals surface area contributed by atoms with Crippen LogP contribution in [0.25, 0.3) is 16.7 Å². The number of carbonyl (C=O) groups is 1. The summed E-state index contributed by atoms with van der Waals surface area (Å²) in [7, 11) is 0. The number of nitrogens with zero attached hydrogens (tertiary/aromatic N) is 5. The zero-order chi connectivity index (χ0) is 21.8. The number of imidazole rings is 1. The van der Waals surface area contributed by atoms with Gasteiger partial charge in [-0.1, -0.05) is 11.6 Å². The average Bonchev–Trinajstić information content (AvgIpc) is 3.50. The van der Waals surface area contributed by atoms with E-state index >= 15 is 0 Å². The van der Waals surface area contributed by atoms with Crippen LogP contribution in [0.2, 0.25) is 5.02 Å². The first-order valence-electron chi connectivity index (χ1n) is 10.3. The summed E-state index contributed by atoms with van der Waals surface area (Å²) < 4.78 is 1.68. The van der Waals surface area contributed by atoms with Crippen LogP contribution in [-0.2, 0) is 5.54 Å². The lowest BCUT2D eigenvalue weighted by molar-refractivity contribution is 0.0599. The molecule has 31 heavy (non-hydrogen) atoms. The number of hydrogen-bond donors (Lipinski definition) is 1. The number of rotatable bonds is 3. The second kappa shape index (κ2) is 7.20. The molecule has 7 nitrogen and oxygen atoms in total. The molecule has 1 saturated heterocycles. The molecule has 8 heteroatoms. The SMILES string of the molecule is Cc1ccc(-n2cccn2)c(C(=O)N2CCC[C@@]2(C)c2nc3c(C)c(Cl)ccc3[nH]2)n1. The van der Waals surface area contributed by atoms with E-state index < -0.39 is 5.54 Å². The maximum atomic E-state index is 13.8. The molecule has 0 aliphatic carbocycles. The molecule has 0 radical (unpaired) electrons. The van der Waals surface area contributed by atoms with Crippen LogP contribution in [0.1, 0.15) is 47.3 Å². The van der Waals surface area contributed by atoms with E-state index in [9.17, 15) is 4.79 Å². The fraction of sp³-hybridized carbons (Fsp3) is 0.304. The molecule has 0 spiro atoms. The maximum absolute atomic E-state index is 13.8. The lowest BCUT2D eigenvalue weighted by atomic mass is 9.97. The van der Waals surface area contributed by atoms with Gasteiger partial charge in [0.15, 0.2) is 5.69 Å². The lowest BCUT2D eigenvalue weighted by Crippen LogP contribution is -2.44. The number of aromatic amines is 1. The Balaban J connectivity index is 1.59. The Labute approximate surface area is 185 Å². The van der Waals surface area contributed by atoms with Crippen molar-refractivity contribution in [3.63, 3.8) is 0 Å². The number of fused-ring (bicyclic) bond motifs is 1. The van der Waals surface area contributed by atoms with Crippen molar-refractivity contribution in [2.75, 3.05) is 6.54 Å². The molecular formula is C23H23ClN6O. The third kappa shape index (κ3) is 3.11. The molecule has 0 saturated carbocycles. The summed E-state index contributed by atoms with van der Waals surface area (Å²) in [4.78, 5) is 28.6. The number of likely N-dealkylation sites (tertiary alicyclic amines) is 1. The van der Waals surface area contributed by atoms with Crippen LogP contribution in [-0.4, -0.2) is 42.1 Å². The number of carbonyl (C=O) groups excluding carboxylic acids is 1. The molecule has 1 N–H and O–H groups in total. The minimum absolute atomic E-state index is 0.121. The van der Waals surface area contributed by atoms with Gasteiger partial charge in [0.2, 0.25) is 0 Å². The molecular weight excluding hydrogens is 412 g/mol. The largest absolute Gasteiger partial charge is 0.340 e. The van der Waals surface area contributed by atoms with Crippen LogP contribution in [0.4, 0.5) is 0 Å². The molecule has 1 fully saturated rings. The van der Waals surface area contributed by atoms with Crippen molar-refractivity contribution in [1.29, 1.82) is 0 Å². The maximum Gasteiger partial charge on any atom is 0.275 e. The summed E-state index contributed by atoms with van der Waals surface area (Å²) in [5.41, 5.74) is 3.98. The normalized spacial score (nSPS) is 18.8. The van der Waals surface area contributed by atoms with Gasteiger partial charge in [0.05, 0.1) is 22.3 Å². The highest BCUT2D eigenvalue weighted by atomic mass is 35.5. The highest BCUT2D eigenvalue weighted by Crippen LogP contribution is 2.39. The molecule has 1 aliphatic rings. The predicted octanol–water partition coefficient (Wildman–Crippen LogP) is 4.57. The zero-order valence-corrected chi connectivity index (χ0v) is 18.4. The Morgan fingerprint density at radius 1 is 1.19 bits per heavy atom. The third-order valence-electron chi connectivity index (χ3n) is 6.20. The zero-order valence-electron chi connectivity index (χ0n) is 17.7. The smallest absolute Gasteiger partial charge is 0.275 e. The molecule has 5 rings (SSSR count). The lowest BCUT2D eigenvalue weighted by Gasteiger charge is -2.33. The van der Waals surface area contributed by atoms with Crippen LogP contribution >= 0.6 is 11.6 Å². The highest BCUT2D eigenvalue weighted by Gasteiger charge is 2.44. The quantitative estimate of drug-likeness (QED) is 0.512. The first-order valence-corrected chi connectivity index (χ1v) is 10.7. The van der Waals surface area contributed by atoms with Gasteiger partial charge in [0.25, 0.3) is 5.91 Å². The average molecular weight is 435 g/mol. The number of hydrogen-bond acceptors (Lipinski definition) is 4. The number of aryl methyl sites for hydroxylation is 2. The molecule has 4 heterocycles. The topological polar surface area (TPSA) is 79.7 Å². The van der Waals surface area contributed by atoms with Gasteiger partial charge in [-0.2, -0.15) is 5.10 Å². The molecule has 0 bridgehead atoms. The van der Waals surface area contributed by atoms with E-state index in [4.69, 9.17) is 16.6 Å². The van der Waals surface area contributed by atoms with Gasteiger partial charge in [0.1, 0.15) is 5.82 Å². The number of H-pyrrole nitrogens is 1. The monoisotopic (exact) mass is 434 g/mol. The van der Waals surface area contributed by atoms with E-state index in [2.05, 4.69) is 22.0 Å². The fourth-order valence-electron chi connectivity index (χ4n) is 4.41. The number of aromatic nitrogens is 5. The second-order valence-corrected chi connectivity index (χ2v) is 8.67. The summed E-state index contributed by atoms with van der Waals surface area (Å²) in [5.74, 6) is 0.649. The number of amides is 1. The molecule has 1 aromatic carbocycles. The van der Waals surface area contributed by atoms with Crippen molar-refractivity contribution in [1.82, 2.24) is 29.6 Å². The Morgan fingerprint density at radius 2 is 2.03 bits per heavy atom. The number of nitrogens with one attached hydrogen (secondary N) is 1. The Hall–Kier alpha value is -3.19. The van der Waals surface area contributed by atoms with Crippen LogP contribution in [0, 0.1) is 13.8 Å². The molecule has 1 atom stereocenters. The summed E-state index contributed by atoms with van der Waals surface area (Å²) >= 11 is 6.30. The number of benzene rings is 1. The predicted molar refractivity (Wildman–Crippen MR) is 120 cm³/mol. The first kappa shape index (κ1) is 19.8. The fourth-order valence-corrected chi connectivity index (χ4v) is 4.56. The van der Waals surface area contributed by atoms with Crippen LogP contribution in [0.15, 0.2) is 42.7 Å². The van der Waals surface area contributed by atoms with E-state index in [0.717, 1.165) is 41.0 Å². The standard InChI is InChI=1S/C23H23ClN6O/c1-14-6-9-18(30-13-5-11-25-30)20(26-14)21(31)29-12-4-10-23(29,3)22-27-17-8-7-16(24)15(2)19(17)28-22/h5-9,11,13H,4,10,12H2,1-3H3,(H,27,28)/t23-/m0/s1.